The highest BCUT2D eigenvalue weighted by Gasteiger charge is 2.14. The average Bonchev–Trinajstić information content (AvgIpc) is 2.68. The highest BCUT2D eigenvalue weighted by molar-refractivity contribution is 9.10. The van der Waals surface area contributed by atoms with Gasteiger partial charge in [-0.25, -0.2) is 0 Å². The van der Waals surface area contributed by atoms with Crippen LogP contribution in [0.4, 0.5) is 0 Å². The molecule has 5 nitrogen and oxygen atoms in total. The van der Waals surface area contributed by atoms with Crippen molar-refractivity contribution in [1.29, 1.82) is 0 Å². The molecule has 7 heteroatoms. The molecule has 3 aromatic carbocycles. The Labute approximate surface area is 173 Å². The van der Waals surface area contributed by atoms with Crippen LogP contribution in [0.3, 0.4) is 0 Å². The second-order valence-corrected chi connectivity index (χ2v) is 8.41. The summed E-state index contributed by atoms with van der Waals surface area (Å²) in [5.74, 6) is 1.96. The Morgan fingerprint density at radius 1 is 0.857 bits per heavy atom. The summed E-state index contributed by atoms with van der Waals surface area (Å²) in [6.45, 7) is 1.88. The lowest BCUT2D eigenvalue weighted by molar-refractivity contribution is 0.220. The summed E-state index contributed by atoms with van der Waals surface area (Å²) in [6, 6.07) is 21.2. The van der Waals surface area contributed by atoms with Gasteiger partial charge in [-0.15, -0.1) is 0 Å². The zero-order valence-corrected chi connectivity index (χ0v) is 17.6. The molecule has 0 aliphatic rings. The van der Waals surface area contributed by atoms with Crippen LogP contribution in [0, 0.1) is 6.92 Å². The van der Waals surface area contributed by atoms with E-state index in [0.29, 0.717) is 16.0 Å². The van der Waals surface area contributed by atoms with Crippen molar-refractivity contribution in [3.8, 4) is 17.2 Å². The topological polar surface area (TPSA) is 61.8 Å². The quantitative estimate of drug-likeness (QED) is 0.334. The predicted octanol–water partition coefficient (Wildman–Crippen LogP) is 5.33. The third-order valence-electron chi connectivity index (χ3n) is 3.77. The van der Waals surface area contributed by atoms with Crippen molar-refractivity contribution in [2.45, 2.75) is 11.8 Å². The number of hydrogen-bond donors (Lipinski definition) is 0. The fourth-order valence-corrected chi connectivity index (χ4v) is 3.72. The van der Waals surface area contributed by atoms with Crippen molar-refractivity contribution >= 4 is 26.0 Å². The molecule has 0 aliphatic carbocycles. The van der Waals surface area contributed by atoms with Crippen molar-refractivity contribution in [1.82, 2.24) is 0 Å². The van der Waals surface area contributed by atoms with Gasteiger partial charge in [0.25, 0.3) is 10.1 Å². The summed E-state index contributed by atoms with van der Waals surface area (Å²) in [5.41, 5.74) is 0.979. The van der Waals surface area contributed by atoms with Gasteiger partial charge in [0.2, 0.25) is 0 Å². The summed E-state index contributed by atoms with van der Waals surface area (Å²) in [4.78, 5) is 0.127. The van der Waals surface area contributed by atoms with Gasteiger partial charge >= 0.3 is 0 Å². The molecule has 0 spiro atoms. The Bertz CT molecular complexity index is 1020. The van der Waals surface area contributed by atoms with Crippen LogP contribution in [0.15, 0.2) is 82.2 Å². The zero-order chi connectivity index (χ0) is 20.0. The minimum atomic E-state index is -3.79. The van der Waals surface area contributed by atoms with Crippen LogP contribution in [-0.4, -0.2) is 21.6 Å². The van der Waals surface area contributed by atoms with E-state index < -0.39 is 10.1 Å². The Morgan fingerprint density at radius 3 is 2.25 bits per heavy atom. The molecule has 0 atom stereocenters. The summed E-state index contributed by atoms with van der Waals surface area (Å²) >= 11 is 3.43. The SMILES string of the molecule is Cc1ccc(S(=O)(=O)OCCOc2ccc(Oc3ccccc3)cc2Br)cc1. The molecule has 0 heterocycles. The molecule has 28 heavy (non-hydrogen) atoms. The molecule has 146 valence electrons. The van der Waals surface area contributed by atoms with Gasteiger partial charge in [-0.1, -0.05) is 35.9 Å². The largest absolute Gasteiger partial charge is 0.490 e. The zero-order valence-electron chi connectivity index (χ0n) is 15.2. The van der Waals surface area contributed by atoms with Crippen LogP contribution in [-0.2, 0) is 14.3 Å². The van der Waals surface area contributed by atoms with E-state index in [-0.39, 0.29) is 18.1 Å². The Morgan fingerprint density at radius 2 is 1.57 bits per heavy atom. The fraction of sp³-hybridized carbons (Fsp3) is 0.143. The first kappa shape index (κ1) is 20.4. The van der Waals surface area contributed by atoms with Gasteiger partial charge in [0.05, 0.1) is 9.37 Å². The lowest BCUT2D eigenvalue weighted by Crippen LogP contribution is -2.13. The second-order valence-electron chi connectivity index (χ2n) is 5.94. The third kappa shape index (κ3) is 5.58. The number of benzene rings is 3. The fourth-order valence-electron chi connectivity index (χ4n) is 2.36. The van der Waals surface area contributed by atoms with Gasteiger partial charge in [-0.2, -0.15) is 8.42 Å². The molecule has 0 saturated heterocycles. The Kier molecular flexibility index (Phi) is 6.72. The van der Waals surface area contributed by atoms with Gasteiger partial charge in [0.1, 0.15) is 30.5 Å². The predicted molar refractivity (Wildman–Crippen MR) is 110 cm³/mol. The van der Waals surface area contributed by atoms with E-state index in [1.165, 1.54) is 12.1 Å². The van der Waals surface area contributed by atoms with Gasteiger partial charge in [-0.05, 0) is 65.3 Å². The minimum Gasteiger partial charge on any atom is -0.490 e. The van der Waals surface area contributed by atoms with Crippen LogP contribution >= 0.6 is 15.9 Å². The molecule has 0 saturated carbocycles. The van der Waals surface area contributed by atoms with E-state index in [1.807, 2.05) is 37.3 Å². The van der Waals surface area contributed by atoms with E-state index >= 15 is 0 Å². The van der Waals surface area contributed by atoms with Crippen LogP contribution < -0.4 is 9.47 Å². The van der Waals surface area contributed by atoms with Crippen molar-refractivity contribution in [2.24, 2.45) is 0 Å². The van der Waals surface area contributed by atoms with E-state index in [1.54, 1.807) is 30.3 Å². The first-order chi connectivity index (χ1) is 13.4. The minimum absolute atomic E-state index is 0.0859. The van der Waals surface area contributed by atoms with E-state index in [2.05, 4.69) is 15.9 Å². The van der Waals surface area contributed by atoms with Crippen LogP contribution in [0.25, 0.3) is 0 Å². The first-order valence-corrected chi connectivity index (χ1v) is 10.8. The molecule has 0 bridgehead atoms. The summed E-state index contributed by atoms with van der Waals surface area (Å²) in [7, 11) is -3.79. The third-order valence-corrected chi connectivity index (χ3v) is 5.72. The normalized spacial score (nSPS) is 11.2. The summed E-state index contributed by atoms with van der Waals surface area (Å²) < 4.78 is 41.3. The van der Waals surface area contributed by atoms with Gasteiger partial charge in [0, 0.05) is 0 Å². The van der Waals surface area contributed by atoms with Crippen LogP contribution in [0.2, 0.25) is 0 Å². The average molecular weight is 463 g/mol. The van der Waals surface area contributed by atoms with Crippen molar-refractivity contribution in [2.75, 3.05) is 13.2 Å². The first-order valence-electron chi connectivity index (χ1n) is 8.55. The molecule has 0 radical (unpaired) electrons. The van der Waals surface area contributed by atoms with Crippen molar-refractivity contribution in [3.05, 3.63) is 82.8 Å². The van der Waals surface area contributed by atoms with Crippen LogP contribution in [0.5, 0.6) is 17.2 Å². The maximum atomic E-state index is 12.1. The van der Waals surface area contributed by atoms with E-state index in [0.717, 1.165) is 11.3 Å². The number of hydrogen-bond acceptors (Lipinski definition) is 5. The van der Waals surface area contributed by atoms with Gasteiger partial charge in [0.15, 0.2) is 0 Å². The molecule has 0 fully saturated rings. The summed E-state index contributed by atoms with van der Waals surface area (Å²) in [5, 5.41) is 0. The summed E-state index contributed by atoms with van der Waals surface area (Å²) in [6.07, 6.45) is 0. The Hall–Kier alpha value is -2.35. The van der Waals surface area contributed by atoms with Crippen molar-refractivity contribution < 1.29 is 22.1 Å². The lowest BCUT2D eigenvalue weighted by atomic mass is 10.2. The molecule has 0 amide bonds. The maximum absolute atomic E-state index is 12.1. The van der Waals surface area contributed by atoms with Crippen molar-refractivity contribution in [3.63, 3.8) is 0 Å². The highest BCUT2D eigenvalue weighted by atomic mass is 79.9. The number of ether oxygens (including phenoxy) is 2. The second kappa shape index (κ2) is 9.23. The Balaban J connectivity index is 1.52. The molecule has 3 aromatic rings. The smallest absolute Gasteiger partial charge is 0.297 e. The molecular formula is C21H19BrO5S. The number of halogens is 1. The number of aryl methyl sites for hydroxylation is 1. The maximum Gasteiger partial charge on any atom is 0.297 e. The van der Waals surface area contributed by atoms with Gasteiger partial charge in [-0.3, -0.25) is 4.18 Å². The van der Waals surface area contributed by atoms with E-state index in [4.69, 9.17) is 13.7 Å². The monoisotopic (exact) mass is 462 g/mol. The standard InChI is InChI=1S/C21H19BrO5S/c1-16-7-10-19(11-8-16)28(23,24)26-14-13-25-21-12-9-18(15-20(21)22)27-17-5-3-2-4-6-17/h2-12,15H,13-14H2,1H3. The molecular weight excluding hydrogens is 444 g/mol. The highest BCUT2D eigenvalue weighted by Crippen LogP contribution is 2.31. The van der Waals surface area contributed by atoms with Crippen LogP contribution in [0.1, 0.15) is 5.56 Å². The molecule has 0 unspecified atom stereocenters. The number of para-hydroxylation sites is 1. The molecule has 0 N–H and O–H groups in total. The number of rotatable bonds is 8. The van der Waals surface area contributed by atoms with E-state index in [9.17, 15) is 8.42 Å². The van der Waals surface area contributed by atoms with Gasteiger partial charge < -0.3 is 9.47 Å². The lowest BCUT2D eigenvalue weighted by Gasteiger charge is -2.11. The molecule has 0 aromatic heterocycles. The molecule has 0 aliphatic heterocycles. The molecule has 3 rings (SSSR count).